The third-order valence-corrected chi connectivity index (χ3v) is 3.00. The standard InChI is InChI=1S/C18H25NO2/c1-14-9-10-15(8-6-7-11-20)12-16(14)17(21)19(5)13-18(2,3)4/h9-10,12,20H,7,11,13H2,1-5H3. The summed E-state index contributed by atoms with van der Waals surface area (Å²) < 4.78 is 0. The summed E-state index contributed by atoms with van der Waals surface area (Å²) in [5.74, 6) is 5.88. The van der Waals surface area contributed by atoms with E-state index >= 15 is 0 Å². The molecular weight excluding hydrogens is 262 g/mol. The molecule has 1 aromatic carbocycles. The molecular formula is C18H25NO2. The van der Waals surface area contributed by atoms with Crippen molar-refractivity contribution in [2.45, 2.75) is 34.1 Å². The fourth-order valence-corrected chi connectivity index (χ4v) is 2.14. The molecule has 0 atom stereocenters. The van der Waals surface area contributed by atoms with Crippen molar-refractivity contribution in [1.29, 1.82) is 0 Å². The largest absolute Gasteiger partial charge is 0.395 e. The Morgan fingerprint density at radius 2 is 2.00 bits per heavy atom. The van der Waals surface area contributed by atoms with Crippen molar-refractivity contribution in [2.75, 3.05) is 20.2 Å². The van der Waals surface area contributed by atoms with Crippen LogP contribution in [0.2, 0.25) is 0 Å². The second-order valence-corrected chi connectivity index (χ2v) is 6.53. The van der Waals surface area contributed by atoms with E-state index in [1.165, 1.54) is 0 Å². The summed E-state index contributed by atoms with van der Waals surface area (Å²) in [7, 11) is 1.83. The molecule has 0 radical (unpaired) electrons. The van der Waals surface area contributed by atoms with Crippen LogP contribution in [-0.2, 0) is 0 Å². The van der Waals surface area contributed by atoms with E-state index in [4.69, 9.17) is 5.11 Å². The Bertz CT molecular complexity index is 559. The maximum atomic E-state index is 12.6. The number of hydrogen-bond donors (Lipinski definition) is 1. The lowest BCUT2D eigenvalue weighted by molar-refractivity contribution is 0.0745. The summed E-state index contributed by atoms with van der Waals surface area (Å²) in [5, 5.41) is 8.75. The molecule has 0 heterocycles. The Morgan fingerprint density at radius 1 is 1.33 bits per heavy atom. The van der Waals surface area contributed by atoms with Crippen LogP contribution in [-0.4, -0.2) is 36.1 Å². The van der Waals surface area contributed by atoms with Crippen LogP contribution in [0, 0.1) is 24.2 Å². The Morgan fingerprint density at radius 3 is 2.57 bits per heavy atom. The van der Waals surface area contributed by atoms with Gasteiger partial charge in [0, 0.05) is 31.1 Å². The Kier molecular flexibility index (Phi) is 5.99. The highest BCUT2D eigenvalue weighted by atomic mass is 16.2. The molecule has 3 nitrogen and oxygen atoms in total. The highest BCUT2D eigenvalue weighted by Gasteiger charge is 2.20. The number of aryl methyl sites for hydroxylation is 1. The Hall–Kier alpha value is -1.79. The number of amides is 1. The molecule has 1 N–H and O–H groups in total. The summed E-state index contributed by atoms with van der Waals surface area (Å²) in [6.45, 7) is 9.02. The predicted octanol–water partition coefficient (Wildman–Crippen LogP) is 2.85. The van der Waals surface area contributed by atoms with Crippen molar-refractivity contribution in [2.24, 2.45) is 5.41 Å². The fourth-order valence-electron chi connectivity index (χ4n) is 2.14. The van der Waals surface area contributed by atoms with Gasteiger partial charge in [0.05, 0.1) is 6.61 Å². The minimum absolute atomic E-state index is 0.0215. The van der Waals surface area contributed by atoms with E-state index in [1.54, 1.807) is 4.90 Å². The average Bonchev–Trinajstić information content (AvgIpc) is 2.38. The zero-order valence-corrected chi connectivity index (χ0v) is 13.7. The van der Waals surface area contributed by atoms with Crippen molar-refractivity contribution in [1.82, 2.24) is 4.90 Å². The molecule has 114 valence electrons. The fraction of sp³-hybridized carbons (Fsp3) is 0.500. The Labute approximate surface area is 128 Å². The zero-order chi connectivity index (χ0) is 16.0. The number of nitrogens with zero attached hydrogens (tertiary/aromatic N) is 1. The van der Waals surface area contributed by atoms with Crippen LogP contribution in [0.25, 0.3) is 0 Å². The maximum absolute atomic E-state index is 12.6. The quantitative estimate of drug-likeness (QED) is 0.868. The van der Waals surface area contributed by atoms with Gasteiger partial charge < -0.3 is 10.0 Å². The summed E-state index contributed by atoms with van der Waals surface area (Å²) in [5.41, 5.74) is 2.52. The van der Waals surface area contributed by atoms with E-state index in [1.807, 2.05) is 32.2 Å². The number of carbonyl (C=O) groups excluding carboxylic acids is 1. The van der Waals surface area contributed by atoms with Gasteiger partial charge >= 0.3 is 0 Å². The van der Waals surface area contributed by atoms with Gasteiger partial charge in [-0.05, 0) is 30.0 Å². The summed E-state index contributed by atoms with van der Waals surface area (Å²) in [6.07, 6.45) is 0.446. The molecule has 0 unspecified atom stereocenters. The number of hydrogen-bond acceptors (Lipinski definition) is 2. The number of aliphatic hydroxyl groups excluding tert-OH is 1. The van der Waals surface area contributed by atoms with Gasteiger partial charge in [0.1, 0.15) is 0 Å². The van der Waals surface area contributed by atoms with E-state index < -0.39 is 0 Å². The highest BCUT2D eigenvalue weighted by molar-refractivity contribution is 5.95. The van der Waals surface area contributed by atoms with Crippen LogP contribution in [0.4, 0.5) is 0 Å². The second kappa shape index (κ2) is 7.28. The van der Waals surface area contributed by atoms with Crippen LogP contribution in [0.3, 0.4) is 0 Å². The van der Waals surface area contributed by atoms with Gasteiger partial charge in [-0.2, -0.15) is 0 Å². The lowest BCUT2D eigenvalue weighted by atomic mass is 9.95. The lowest BCUT2D eigenvalue weighted by Gasteiger charge is -2.27. The SMILES string of the molecule is Cc1ccc(C#CCCO)cc1C(=O)N(C)CC(C)(C)C. The van der Waals surface area contributed by atoms with E-state index in [9.17, 15) is 4.79 Å². The first-order chi connectivity index (χ1) is 9.74. The molecule has 0 fully saturated rings. The topological polar surface area (TPSA) is 40.5 Å². The van der Waals surface area contributed by atoms with Gasteiger partial charge in [-0.15, -0.1) is 0 Å². The average molecular weight is 287 g/mol. The summed E-state index contributed by atoms with van der Waals surface area (Å²) in [4.78, 5) is 14.3. The normalized spacial score (nSPS) is 10.8. The molecule has 1 amide bonds. The summed E-state index contributed by atoms with van der Waals surface area (Å²) >= 11 is 0. The van der Waals surface area contributed by atoms with Gasteiger partial charge in [0.2, 0.25) is 0 Å². The van der Waals surface area contributed by atoms with E-state index in [0.717, 1.165) is 11.1 Å². The molecule has 0 saturated carbocycles. The summed E-state index contributed by atoms with van der Waals surface area (Å²) in [6, 6.07) is 5.66. The van der Waals surface area contributed by atoms with Crippen LogP contribution < -0.4 is 0 Å². The van der Waals surface area contributed by atoms with Gasteiger partial charge in [0.25, 0.3) is 5.91 Å². The smallest absolute Gasteiger partial charge is 0.253 e. The van der Waals surface area contributed by atoms with E-state index in [2.05, 4.69) is 32.6 Å². The first kappa shape index (κ1) is 17.3. The van der Waals surface area contributed by atoms with Gasteiger partial charge in [0.15, 0.2) is 0 Å². The molecule has 0 aliphatic rings. The molecule has 1 rings (SSSR count). The van der Waals surface area contributed by atoms with Gasteiger partial charge in [-0.25, -0.2) is 0 Å². The van der Waals surface area contributed by atoms with Crippen LogP contribution in [0.1, 0.15) is 48.7 Å². The monoisotopic (exact) mass is 287 g/mol. The first-order valence-electron chi connectivity index (χ1n) is 7.20. The number of aliphatic hydroxyl groups is 1. The Balaban J connectivity index is 2.99. The third-order valence-electron chi connectivity index (χ3n) is 3.00. The molecule has 0 spiro atoms. The number of benzene rings is 1. The minimum Gasteiger partial charge on any atom is -0.395 e. The molecule has 3 heteroatoms. The molecule has 0 aromatic heterocycles. The van der Waals surface area contributed by atoms with Gasteiger partial charge in [-0.1, -0.05) is 38.7 Å². The first-order valence-corrected chi connectivity index (χ1v) is 7.20. The predicted molar refractivity (Wildman–Crippen MR) is 86.2 cm³/mol. The maximum Gasteiger partial charge on any atom is 0.253 e. The minimum atomic E-state index is 0.0215. The molecule has 0 aliphatic carbocycles. The molecule has 21 heavy (non-hydrogen) atoms. The van der Waals surface area contributed by atoms with E-state index in [-0.39, 0.29) is 17.9 Å². The van der Waals surface area contributed by atoms with Crippen molar-refractivity contribution < 1.29 is 9.90 Å². The van der Waals surface area contributed by atoms with E-state index in [0.29, 0.717) is 18.5 Å². The molecule has 0 aliphatic heterocycles. The van der Waals surface area contributed by atoms with Crippen LogP contribution in [0.15, 0.2) is 18.2 Å². The zero-order valence-electron chi connectivity index (χ0n) is 13.7. The van der Waals surface area contributed by atoms with Crippen molar-refractivity contribution >= 4 is 5.91 Å². The molecule has 0 bridgehead atoms. The van der Waals surface area contributed by atoms with Crippen molar-refractivity contribution in [3.05, 3.63) is 34.9 Å². The lowest BCUT2D eigenvalue weighted by Crippen LogP contribution is -2.34. The number of rotatable bonds is 3. The molecule has 0 saturated heterocycles. The third kappa shape index (κ3) is 5.61. The van der Waals surface area contributed by atoms with Gasteiger partial charge in [-0.3, -0.25) is 4.79 Å². The van der Waals surface area contributed by atoms with Crippen molar-refractivity contribution in [3.63, 3.8) is 0 Å². The molecule has 1 aromatic rings. The number of carbonyl (C=O) groups is 1. The van der Waals surface area contributed by atoms with Crippen LogP contribution >= 0.6 is 0 Å². The van der Waals surface area contributed by atoms with Crippen LogP contribution in [0.5, 0.6) is 0 Å². The second-order valence-electron chi connectivity index (χ2n) is 6.53. The van der Waals surface area contributed by atoms with Crippen molar-refractivity contribution in [3.8, 4) is 11.8 Å². The highest BCUT2D eigenvalue weighted by Crippen LogP contribution is 2.18.